The van der Waals surface area contributed by atoms with Crippen LogP contribution in [-0.4, -0.2) is 34.3 Å². The molecule has 0 spiro atoms. The van der Waals surface area contributed by atoms with Crippen molar-refractivity contribution in [2.75, 3.05) is 7.05 Å². The van der Waals surface area contributed by atoms with Gasteiger partial charge < -0.3 is 4.90 Å². The maximum atomic E-state index is 12.2. The van der Waals surface area contributed by atoms with E-state index in [4.69, 9.17) is 0 Å². The quantitative estimate of drug-likeness (QED) is 0.788. The van der Waals surface area contributed by atoms with Gasteiger partial charge >= 0.3 is 6.03 Å². The van der Waals surface area contributed by atoms with Crippen LogP contribution in [-0.2, 0) is 11.3 Å². The van der Waals surface area contributed by atoms with E-state index in [9.17, 15) is 9.59 Å². The Labute approximate surface area is 115 Å². The average Bonchev–Trinajstić information content (AvgIpc) is 2.47. The highest BCUT2D eigenvalue weighted by molar-refractivity contribution is 9.10. The highest BCUT2D eigenvalue weighted by atomic mass is 79.9. The zero-order valence-electron chi connectivity index (χ0n) is 10.6. The van der Waals surface area contributed by atoms with Gasteiger partial charge in [0.2, 0.25) is 0 Å². The molecule has 5 heteroatoms. The van der Waals surface area contributed by atoms with Crippen LogP contribution in [0.15, 0.2) is 28.7 Å². The lowest BCUT2D eigenvalue weighted by molar-refractivity contribution is -0.132. The van der Waals surface area contributed by atoms with Gasteiger partial charge in [-0.25, -0.2) is 4.79 Å². The molecule has 1 fully saturated rings. The van der Waals surface area contributed by atoms with Crippen molar-refractivity contribution in [1.29, 1.82) is 0 Å². The number of rotatable bonds is 2. The van der Waals surface area contributed by atoms with Crippen LogP contribution < -0.4 is 0 Å². The number of halogens is 1. The third-order valence-electron chi connectivity index (χ3n) is 3.38. The van der Waals surface area contributed by atoms with Gasteiger partial charge in [0.25, 0.3) is 5.91 Å². The Morgan fingerprint density at radius 3 is 2.17 bits per heavy atom. The summed E-state index contributed by atoms with van der Waals surface area (Å²) in [6.07, 6.45) is 0. The van der Waals surface area contributed by atoms with Gasteiger partial charge in [-0.05, 0) is 31.5 Å². The highest BCUT2D eigenvalue weighted by Crippen LogP contribution is 2.27. The van der Waals surface area contributed by atoms with Crippen LogP contribution in [0, 0.1) is 0 Å². The molecule has 18 heavy (non-hydrogen) atoms. The maximum Gasteiger partial charge on any atom is 0.327 e. The summed E-state index contributed by atoms with van der Waals surface area (Å²) in [7, 11) is 1.65. The van der Waals surface area contributed by atoms with Crippen molar-refractivity contribution in [2.24, 2.45) is 0 Å². The van der Waals surface area contributed by atoms with Gasteiger partial charge in [0, 0.05) is 11.5 Å². The summed E-state index contributed by atoms with van der Waals surface area (Å²) in [6, 6.07) is 7.35. The van der Waals surface area contributed by atoms with E-state index in [0.29, 0.717) is 6.54 Å². The summed E-state index contributed by atoms with van der Waals surface area (Å²) in [4.78, 5) is 27.0. The van der Waals surface area contributed by atoms with Gasteiger partial charge in [-0.2, -0.15) is 0 Å². The molecular formula is C13H15BrN2O2. The summed E-state index contributed by atoms with van der Waals surface area (Å²) in [5, 5.41) is 0. The highest BCUT2D eigenvalue weighted by Gasteiger charge is 2.48. The minimum Gasteiger partial charge on any atom is -0.313 e. The predicted octanol–water partition coefficient (Wildman–Crippen LogP) is 2.62. The number of likely N-dealkylation sites (N-methyl/N-ethyl adjacent to an activating group) is 1. The number of nitrogens with zero attached hydrogens (tertiary/aromatic N) is 2. The van der Waals surface area contributed by atoms with Crippen molar-refractivity contribution in [2.45, 2.75) is 25.9 Å². The molecule has 1 aliphatic heterocycles. The molecule has 1 heterocycles. The zero-order chi connectivity index (χ0) is 13.5. The second-order valence-electron chi connectivity index (χ2n) is 4.92. The first-order chi connectivity index (χ1) is 8.34. The molecule has 0 radical (unpaired) electrons. The lowest BCUT2D eigenvalue weighted by Crippen LogP contribution is -2.41. The SMILES string of the molecule is CN1C(=O)N(Cc2ccc(Br)cc2)C(=O)C1(C)C. The molecule has 0 bridgehead atoms. The Kier molecular flexibility index (Phi) is 3.19. The van der Waals surface area contributed by atoms with Crippen molar-refractivity contribution in [1.82, 2.24) is 9.80 Å². The van der Waals surface area contributed by atoms with E-state index in [1.165, 1.54) is 9.80 Å². The molecule has 4 nitrogen and oxygen atoms in total. The van der Waals surface area contributed by atoms with Gasteiger partial charge in [0.15, 0.2) is 0 Å². The number of hydrogen-bond donors (Lipinski definition) is 0. The van der Waals surface area contributed by atoms with E-state index in [2.05, 4.69) is 15.9 Å². The Morgan fingerprint density at radius 2 is 1.72 bits per heavy atom. The Balaban J connectivity index is 2.22. The minimum atomic E-state index is -0.757. The van der Waals surface area contributed by atoms with E-state index < -0.39 is 5.54 Å². The fourth-order valence-electron chi connectivity index (χ4n) is 1.89. The number of amides is 3. The molecule has 1 saturated heterocycles. The van der Waals surface area contributed by atoms with Gasteiger partial charge in [-0.15, -0.1) is 0 Å². The molecule has 0 atom stereocenters. The van der Waals surface area contributed by atoms with E-state index >= 15 is 0 Å². The summed E-state index contributed by atoms with van der Waals surface area (Å²) in [6.45, 7) is 3.84. The van der Waals surface area contributed by atoms with Crippen molar-refractivity contribution >= 4 is 27.9 Å². The first-order valence-electron chi connectivity index (χ1n) is 5.68. The van der Waals surface area contributed by atoms with Gasteiger partial charge in [-0.3, -0.25) is 9.69 Å². The fourth-order valence-corrected chi connectivity index (χ4v) is 2.16. The molecule has 1 aromatic carbocycles. The maximum absolute atomic E-state index is 12.2. The minimum absolute atomic E-state index is 0.155. The normalized spacial score (nSPS) is 18.7. The van der Waals surface area contributed by atoms with Crippen LogP contribution in [0.1, 0.15) is 19.4 Å². The van der Waals surface area contributed by atoms with Crippen molar-refractivity contribution in [3.05, 3.63) is 34.3 Å². The van der Waals surface area contributed by atoms with Crippen LogP contribution in [0.25, 0.3) is 0 Å². The number of benzene rings is 1. The lowest BCUT2D eigenvalue weighted by atomic mass is 10.0. The Hall–Kier alpha value is -1.36. The Bertz CT molecular complexity index is 496. The average molecular weight is 311 g/mol. The summed E-state index contributed by atoms with van der Waals surface area (Å²) in [5.74, 6) is -0.155. The molecule has 1 aliphatic rings. The monoisotopic (exact) mass is 310 g/mol. The molecule has 0 aliphatic carbocycles. The first-order valence-corrected chi connectivity index (χ1v) is 6.47. The number of carbonyl (C=O) groups excluding carboxylic acids is 2. The Morgan fingerprint density at radius 1 is 1.17 bits per heavy atom. The molecule has 3 amide bonds. The van der Waals surface area contributed by atoms with Gasteiger partial charge in [0.1, 0.15) is 5.54 Å². The van der Waals surface area contributed by atoms with Gasteiger partial charge in [-0.1, -0.05) is 28.1 Å². The molecule has 2 rings (SSSR count). The van der Waals surface area contributed by atoms with Crippen LogP contribution in [0.5, 0.6) is 0 Å². The molecule has 0 unspecified atom stereocenters. The smallest absolute Gasteiger partial charge is 0.313 e. The predicted molar refractivity (Wildman–Crippen MR) is 71.9 cm³/mol. The van der Waals surface area contributed by atoms with Crippen molar-refractivity contribution in [3.8, 4) is 0 Å². The van der Waals surface area contributed by atoms with Gasteiger partial charge in [0.05, 0.1) is 6.54 Å². The topological polar surface area (TPSA) is 40.6 Å². The van der Waals surface area contributed by atoms with E-state index in [0.717, 1.165) is 10.0 Å². The summed E-state index contributed by atoms with van der Waals surface area (Å²) >= 11 is 3.35. The second kappa shape index (κ2) is 4.39. The van der Waals surface area contributed by atoms with Crippen molar-refractivity contribution < 1.29 is 9.59 Å². The number of urea groups is 1. The summed E-state index contributed by atoms with van der Waals surface area (Å²) < 4.78 is 0.975. The molecule has 1 aromatic rings. The van der Waals surface area contributed by atoms with Crippen LogP contribution in [0.4, 0.5) is 4.79 Å². The molecule has 0 N–H and O–H groups in total. The largest absolute Gasteiger partial charge is 0.327 e. The van der Waals surface area contributed by atoms with E-state index in [-0.39, 0.29) is 11.9 Å². The van der Waals surface area contributed by atoms with E-state index in [1.807, 2.05) is 24.3 Å². The third kappa shape index (κ3) is 2.03. The molecule has 96 valence electrons. The number of hydrogen-bond acceptors (Lipinski definition) is 2. The third-order valence-corrected chi connectivity index (χ3v) is 3.91. The fraction of sp³-hybridized carbons (Fsp3) is 0.385. The van der Waals surface area contributed by atoms with Crippen LogP contribution in [0.2, 0.25) is 0 Å². The lowest BCUT2D eigenvalue weighted by Gasteiger charge is -2.22. The van der Waals surface area contributed by atoms with Crippen molar-refractivity contribution in [3.63, 3.8) is 0 Å². The molecule has 0 aromatic heterocycles. The molecule has 0 saturated carbocycles. The number of imide groups is 1. The zero-order valence-corrected chi connectivity index (χ0v) is 12.2. The van der Waals surface area contributed by atoms with E-state index in [1.54, 1.807) is 20.9 Å². The number of carbonyl (C=O) groups is 2. The van der Waals surface area contributed by atoms with Crippen LogP contribution >= 0.6 is 15.9 Å². The van der Waals surface area contributed by atoms with Crippen LogP contribution in [0.3, 0.4) is 0 Å². The first kappa shape index (κ1) is 13.1. The summed E-state index contributed by atoms with van der Waals surface area (Å²) in [5.41, 5.74) is 0.179. The second-order valence-corrected chi connectivity index (χ2v) is 5.83. The molecular weight excluding hydrogens is 296 g/mol. The standard InChI is InChI=1S/C13H15BrN2O2/c1-13(2)11(17)16(12(18)15(13)3)8-9-4-6-10(14)7-5-9/h4-7H,8H2,1-3H3.